The summed E-state index contributed by atoms with van der Waals surface area (Å²) < 4.78 is 22.7. The van der Waals surface area contributed by atoms with Crippen LogP contribution in [0.25, 0.3) is 6.08 Å². The molecule has 0 atom stereocenters. The molecule has 1 aliphatic rings. The number of ether oxygens (including phenoxy) is 4. The van der Waals surface area contributed by atoms with Crippen molar-refractivity contribution < 1.29 is 28.5 Å². The summed E-state index contributed by atoms with van der Waals surface area (Å²) in [6.07, 6.45) is 1.41. The Bertz CT molecular complexity index is 1380. The summed E-state index contributed by atoms with van der Waals surface area (Å²) in [5.41, 5.74) is 1.56. The number of benzene rings is 3. The smallest absolute Gasteiger partial charge is 0.270 e. The fourth-order valence-electron chi connectivity index (χ4n) is 3.77. The first kappa shape index (κ1) is 26.0. The Morgan fingerprint density at radius 3 is 2.22 bits per heavy atom. The molecule has 190 valence electrons. The predicted octanol–water partition coefficient (Wildman–Crippen LogP) is 4.78. The lowest BCUT2D eigenvalue weighted by Gasteiger charge is -2.29. The maximum atomic E-state index is 13.5. The number of rotatable bonds is 8. The predicted molar refractivity (Wildman–Crippen MR) is 145 cm³/mol. The second-order valence-corrected chi connectivity index (χ2v) is 8.60. The molecule has 0 unspecified atom stereocenters. The third kappa shape index (κ3) is 5.37. The fraction of sp³-hybridized carbons (Fsp3) is 0.148. The average Bonchev–Trinajstić information content (AvgIpc) is 2.90. The number of halogens is 1. The largest absolute Gasteiger partial charge is 0.493 e. The molecule has 4 rings (SSSR count). The van der Waals surface area contributed by atoms with Crippen molar-refractivity contribution in [2.45, 2.75) is 6.61 Å². The molecule has 1 heterocycles. The zero-order valence-electron chi connectivity index (χ0n) is 20.2. The third-order valence-electron chi connectivity index (χ3n) is 5.53. The van der Waals surface area contributed by atoms with Crippen LogP contribution in [0, 0.1) is 0 Å². The number of thiocarbonyl (C=S) groups is 1. The minimum Gasteiger partial charge on any atom is -0.493 e. The van der Waals surface area contributed by atoms with Gasteiger partial charge in [0.2, 0.25) is 11.5 Å². The van der Waals surface area contributed by atoms with Crippen molar-refractivity contribution in [3.8, 4) is 23.0 Å². The second-order valence-electron chi connectivity index (χ2n) is 7.77. The van der Waals surface area contributed by atoms with Gasteiger partial charge in [-0.1, -0.05) is 41.9 Å². The molecule has 8 nitrogen and oxygen atoms in total. The molecule has 3 aromatic carbocycles. The summed E-state index contributed by atoms with van der Waals surface area (Å²) in [5.74, 6) is -0.117. The number of hydrogen-bond acceptors (Lipinski definition) is 7. The second kappa shape index (κ2) is 11.3. The van der Waals surface area contributed by atoms with E-state index in [1.54, 1.807) is 30.3 Å². The van der Waals surface area contributed by atoms with E-state index in [9.17, 15) is 9.59 Å². The van der Waals surface area contributed by atoms with Crippen molar-refractivity contribution in [1.82, 2.24) is 5.32 Å². The standard InChI is InChI=1S/C27H23ClN2O6S/c1-33-21-14-17(22(24(35-3)23(21)34-2)36-15-16-7-5-4-6-8-16)13-20-25(31)29-27(37)30(26(20)32)19-11-9-18(28)10-12-19/h4-14H,15H2,1-3H3,(H,29,31,37)/b20-13-. The van der Waals surface area contributed by atoms with Gasteiger partial charge >= 0.3 is 0 Å². The van der Waals surface area contributed by atoms with Crippen LogP contribution in [0.1, 0.15) is 11.1 Å². The maximum absolute atomic E-state index is 13.5. The number of carbonyl (C=O) groups is 2. The highest BCUT2D eigenvalue weighted by molar-refractivity contribution is 7.80. The van der Waals surface area contributed by atoms with Crippen LogP contribution < -0.4 is 29.2 Å². The Kier molecular flexibility index (Phi) is 7.95. The SMILES string of the molecule is COc1cc(/C=C2/C(=O)NC(=S)N(c3ccc(Cl)cc3)C2=O)c(OCc2ccccc2)c(OC)c1OC. The van der Waals surface area contributed by atoms with Gasteiger partial charge in [0.15, 0.2) is 16.6 Å². The average molecular weight is 539 g/mol. The Hall–Kier alpha value is -4.08. The van der Waals surface area contributed by atoms with Crippen LogP contribution in [0.2, 0.25) is 5.02 Å². The molecule has 2 amide bonds. The van der Waals surface area contributed by atoms with Gasteiger partial charge in [-0.15, -0.1) is 0 Å². The lowest BCUT2D eigenvalue weighted by atomic mass is 10.0. The van der Waals surface area contributed by atoms with Gasteiger partial charge in [0, 0.05) is 10.6 Å². The molecule has 0 aliphatic carbocycles. The maximum Gasteiger partial charge on any atom is 0.270 e. The zero-order valence-corrected chi connectivity index (χ0v) is 21.8. The molecule has 0 bridgehead atoms. The molecule has 1 aliphatic heterocycles. The topological polar surface area (TPSA) is 86.3 Å². The minimum atomic E-state index is -0.650. The fourth-order valence-corrected chi connectivity index (χ4v) is 4.18. The summed E-state index contributed by atoms with van der Waals surface area (Å²) in [6, 6.07) is 17.6. The van der Waals surface area contributed by atoms with E-state index in [1.165, 1.54) is 32.3 Å². The first-order chi connectivity index (χ1) is 17.9. The normalized spacial score (nSPS) is 14.4. The number of anilines is 1. The van der Waals surface area contributed by atoms with Crippen LogP contribution >= 0.6 is 23.8 Å². The van der Waals surface area contributed by atoms with E-state index in [-0.39, 0.29) is 28.8 Å². The first-order valence-electron chi connectivity index (χ1n) is 11.0. The van der Waals surface area contributed by atoms with E-state index >= 15 is 0 Å². The quantitative estimate of drug-likeness (QED) is 0.251. The number of nitrogens with zero attached hydrogens (tertiary/aromatic N) is 1. The molecule has 3 aromatic rings. The molecule has 0 saturated carbocycles. The van der Waals surface area contributed by atoms with Gasteiger partial charge in [0.05, 0.1) is 27.0 Å². The van der Waals surface area contributed by atoms with Gasteiger partial charge in [-0.25, -0.2) is 0 Å². The number of hydrogen-bond donors (Lipinski definition) is 1. The van der Waals surface area contributed by atoms with Crippen LogP contribution in [0.4, 0.5) is 5.69 Å². The molecule has 10 heteroatoms. The molecule has 37 heavy (non-hydrogen) atoms. The molecular formula is C27H23ClN2O6S. The molecule has 0 spiro atoms. The van der Waals surface area contributed by atoms with E-state index in [0.29, 0.717) is 27.8 Å². The van der Waals surface area contributed by atoms with Gasteiger partial charge in [-0.3, -0.25) is 19.8 Å². The monoisotopic (exact) mass is 538 g/mol. The van der Waals surface area contributed by atoms with Crippen molar-refractivity contribution in [2.75, 3.05) is 26.2 Å². The Morgan fingerprint density at radius 2 is 1.59 bits per heavy atom. The van der Waals surface area contributed by atoms with Gasteiger partial charge in [0.1, 0.15) is 12.2 Å². The van der Waals surface area contributed by atoms with E-state index < -0.39 is 11.8 Å². The van der Waals surface area contributed by atoms with Gasteiger partial charge in [-0.05, 0) is 54.2 Å². The summed E-state index contributed by atoms with van der Waals surface area (Å²) in [5, 5.41) is 3.02. The van der Waals surface area contributed by atoms with Gasteiger partial charge in [-0.2, -0.15) is 0 Å². The summed E-state index contributed by atoms with van der Waals surface area (Å²) in [4.78, 5) is 27.6. The summed E-state index contributed by atoms with van der Waals surface area (Å²) >= 11 is 11.3. The van der Waals surface area contributed by atoms with E-state index in [1.807, 2.05) is 30.3 Å². The van der Waals surface area contributed by atoms with E-state index in [4.69, 9.17) is 42.8 Å². The Labute approximate surface area is 224 Å². The highest BCUT2D eigenvalue weighted by atomic mass is 35.5. The Balaban J connectivity index is 1.82. The molecule has 0 aromatic heterocycles. The summed E-state index contributed by atoms with van der Waals surface area (Å²) in [6.45, 7) is 0.198. The molecule has 1 saturated heterocycles. The van der Waals surface area contributed by atoms with Crippen molar-refractivity contribution in [3.05, 3.63) is 82.4 Å². The van der Waals surface area contributed by atoms with Crippen LogP contribution in [-0.2, 0) is 16.2 Å². The van der Waals surface area contributed by atoms with Crippen LogP contribution in [0.5, 0.6) is 23.0 Å². The number of amides is 2. The first-order valence-corrected chi connectivity index (χ1v) is 11.8. The van der Waals surface area contributed by atoms with Crippen molar-refractivity contribution in [1.29, 1.82) is 0 Å². The van der Waals surface area contributed by atoms with E-state index in [0.717, 1.165) is 5.56 Å². The van der Waals surface area contributed by atoms with Crippen LogP contribution in [-0.4, -0.2) is 38.3 Å². The lowest BCUT2D eigenvalue weighted by molar-refractivity contribution is -0.122. The van der Waals surface area contributed by atoms with Gasteiger partial charge < -0.3 is 18.9 Å². The minimum absolute atomic E-state index is 0.0417. The van der Waals surface area contributed by atoms with Crippen LogP contribution in [0.3, 0.4) is 0 Å². The molecule has 0 radical (unpaired) electrons. The molecular weight excluding hydrogens is 516 g/mol. The van der Waals surface area contributed by atoms with Crippen molar-refractivity contribution in [3.63, 3.8) is 0 Å². The molecule has 1 fully saturated rings. The van der Waals surface area contributed by atoms with Crippen LogP contribution in [0.15, 0.2) is 66.2 Å². The highest BCUT2D eigenvalue weighted by Gasteiger charge is 2.35. The van der Waals surface area contributed by atoms with Crippen molar-refractivity contribution >= 4 is 52.5 Å². The zero-order chi connectivity index (χ0) is 26.5. The number of nitrogens with one attached hydrogen (secondary N) is 1. The molecule has 1 N–H and O–H groups in total. The van der Waals surface area contributed by atoms with Gasteiger partial charge in [0.25, 0.3) is 11.8 Å². The number of carbonyl (C=O) groups excluding carboxylic acids is 2. The van der Waals surface area contributed by atoms with Crippen molar-refractivity contribution in [2.24, 2.45) is 0 Å². The summed E-state index contributed by atoms with van der Waals surface area (Å²) in [7, 11) is 4.41. The third-order valence-corrected chi connectivity index (χ3v) is 6.06. The van der Waals surface area contributed by atoms with E-state index in [2.05, 4.69) is 5.32 Å². The highest BCUT2D eigenvalue weighted by Crippen LogP contribution is 2.47. The lowest BCUT2D eigenvalue weighted by Crippen LogP contribution is -2.54. The Morgan fingerprint density at radius 1 is 0.919 bits per heavy atom. The number of methoxy groups -OCH3 is 3.